The number of carbonyl (C=O) groups excluding carboxylic acids is 1. The number of aryl methyl sites for hydroxylation is 1. The predicted octanol–water partition coefficient (Wildman–Crippen LogP) is 3.22. The van der Waals surface area contributed by atoms with Crippen molar-refractivity contribution in [2.24, 2.45) is 0 Å². The minimum Gasteiger partial charge on any atom is -0.461 e. The van der Waals surface area contributed by atoms with E-state index in [-0.39, 0.29) is 5.97 Å². The Morgan fingerprint density at radius 3 is 2.72 bits per heavy atom. The Morgan fingerprint density at radius 2 is 2.06 bits per heavy atom. The fourth-order valence-electron chi connectivity index (χ4n) is 1.57. The van der Waals surface area contributed by atoms with Gasteiger partial charge >= 0.3 is 5.97 Å². The van der Waals surface area contributed by atoms with Crippen LogP contribution < -0.4 is 0 Å². The number of ether oxygens (including phenoxy) is 1. The smallest absolute Gasteiger partial charge is 0.357 e. The van der Waals surface area contributed by atoms with Gasteiger partial charge in [-0.05, 0) is 19.4 Å². The first-order chi connectivity index (χ1) is 8.69. The zero-order valence-electron chi connectivity index (χ0n) is 10.5. The lowest BCUT2D eigenvalue weighted by Gasteiger charge is -1.99. The molecule has 0 saturated heterocycles. The third-order valence-corrected chi connectivity index (χ3v) is 3.36. The second-order valence-electron chi connectivity index (χ2n) is 4.01. The Bertz CT molecular complexity index is 531. The summed E-state index contributed by atoms with van der Waals surface area (Å²) >= 11 is 1.49. The molecule has 0 aliphatic rings. The maximum atomic E-state index is 11.5. The Kier molecular flexibility index (Phi) is 4.10. The first kappa shape index (κ1) is 12.8. The summed E-state index contributed by atoms with van der Waals surface area (Å²) in [6.07, 6.45) is 0.754. The van der Waals surface area contributed by atoms with Crippen molar-refractivity contribution in [3.05, 3.63) is 51.5 Å². The van der Waals surface area contributed by atoms with Gasteiger partial charge in [0.2, 0.25) is 0 Å². The van der Waals surface area contributed by atoms with Crippen molar-refractivity contribution in [3.63, 3.8) is 0 Å². The zero-order chi connectivity index (χ0) is 13.0. The maximum Gasteiger partial charge on any atom is 0.357 e. The number of esters is 1. The molecule has 0 atom stereocenters. The van der Waals surface area contributed by atoms with E-state index in [1.807, 2.05) is 0 Å². The van der Waals surface area contributed by atoms with Gasteiger partial charge in [-0.3, -0.25) is 0 Å². The summed E-state index contributed by atoms with van der Waals surface area (Å²) in [5.41, 5.74) is 2.85. The average molecular weight is 261 g/mol. The molecular weight excluding hydrogens is 246 g/mol. The van der Waals surface area contributed by atoms with Gasteiger partial charge in [0.15, 0.2) is 5.69 Å². The van der Waals surface area contributed by atoms with Gasteiger partial charge in [0.1, 0.15) is 0 Å². The second kappa shape index (κ2) is 5.78. The van der Waals surface area contributed by atoms with Crippen LogP contribution in [0, 0.1) is 6.92 Å². The van der Waals surface area contributed by atoms with E-state index in [1.165, 1.54) is 22.5 Å². The molecule has 18 heavy (non-hydrogen) atoms. The summed E-state index contributed by atoms with van der Waals surface area (Å²) in [5, 5.41) is 2.68. The molecule has 0 spiro atoms. The molecule has 2 aromatic rings. The van der Waals surface area contributed by atoms with Crippen molar-refractivity contribution in [1.82, 2.24) is 4.98 Å². The van der Waals surface area contributed by atoms with E-state index >= 15 is 0 Å². The van der Waals surface area contributed by atoms with Gasteiger partial charge in [-0.15, -0.1) is 11.3 Å². The van der Waals surface area contributed by atoms with Gasteiger partial charge in [0.25, 0.3) is 0 Å². The number of hydrogen-bond donors (Lipinski definition) is 0. The monoisotopic (exact) mass is 261 g/mol. The third-order valence-electron chi connectivity index (χ3n) is 2.51. The molecule has 0 unspecified atom stereocenters. The van der Waals surface area contributed by atoms with Crippen molar-refractivity contribution in [3.8, 4) is 0 Å². The second-order valence-corrected chi connectivity index (χ2v) is 4.95. The highest BCUT2D eigenvalue weighted by Crippen LogP contribution is 2.16. The quantitative estimate of drug-likeness (QED) is 0.793. The molecule has 0 bridgehead atoms. The fraction of sp³-hybridized carbons (Fsp3) is 0.286. The molecule has 1 aromatic carbocycles. The van der Waals surface area contributed by atoms with Crippen LogP contribution in [0.2, 0.25) is 0 Å². The topological polar surface area (TPSA) is 39.2 Å². The predicted molar refractivity (Wildman–Crippen MR) is 72.1 cm³/mol. The van der Waals surface area contributed by atoms with E-state index < -0.39 is 0 Å². The van der Waals surface area contributed by atoms with Gasteiger partial charge < -0.3 is 4.74 Å². The number of carbonyl (C=O) groups is 1. The molecule has 94 valence electrons. The summed E-state index contributed by atoms with van der Waals surface area (Å²) < 4.78 is 4.91. The molecule has 0 saturated carbocycles. The zero-order valence-corrected chi connectivity index (χ0v) is 11.3. The Balaban J connectivity index is 2.06. The van der Waals surface area contributed by atoms with Crippen LogP contribution in [-0.2, 0) is 11.2 Å². The van der Waals surface area contributed by atoms with Gasteiger partial charge in [0.05, 0.1) is 11.6 Å². The number of rotatable bonds is 4. The van der Waals surface area contributed by atoms with Crippen molar-refractivity contribution in [1.29, 1.82) is 0 Å². The molecule has 1 aromatic heterocycles. The molecule has 3 nitrogen and oxygen atoms in total. The van der Waals surface area contributed by atoms with Gasteiger partial charge in [-0.25, -0.2) is 9.78 Å². The van der Waals surface area contributed by atoms with Crippen LogP contribution in [0.5, 0.6) is 0 Å². The number of nitrogens with zero attached hydrogens (tertiary/aromatic N) is 1. The molecule has 0 fully saturated rings. The van der Waals surface area contributed by atoms with Crippen LogP contribution in [-0.4, -0.2) is 17.6 Å². The molecule has 0 amide bonds. The first-order valence-electron chi connectivity index (χ1n) is 5.86. The van der Waals surface area contributed by atoms with E-state index in [4.69, 9.17) is 4.74 Å². The minimum atomic E-state index is -0.344. The highest BCUT2D eigenvalue weighted by molar-refractivity contribution is 7.09. The molecule has 2 rings (SSSR count). The molecule has 0 aliphatic carbocycles. The highest BCUT2D eigenvalue weighted by atomic mass is 32.1. The van der Waals surface area contributed by atoms with Crippen molar-refractivity contribution >= 4 is 17.3 Å². The summed E-state index contributed by atoms with van der Waals surface area (Å²) in [5.74, 6) is -0.344. The number of hydrogen-bond acceptors (Lipinski definition) is 4. The number of aromatic nitrogens is 1. The number of thiazole rings is 1. The maximum absolute atomic E-state index is 11.5. The lowest BCUT2D eigenvalue weighted by Crippen LogP contribution is -2.05. The summed E-state index contributed by atoms with van der Waals surface area (Å²) in [7, 11) is 0. The van der Waals surface area contributed by atoms with Crippen molar-refractivity contribution < 1.29 is 9.53 Å². The molecule has 1 heterocycles. The largest absolute Gasteiger partial charge is 0.461 e. The van der Waals surface area contributed by atoms with E-state index in [2.05, 4.69) is 36.2 Å². The third kappa shape index (κ3) is 3.17. The standard InChI is InChI=1S/C14H15NO2S/c1-3-17-14(16)12-9-18-13(15-12)8-11-6-4-10(2)5-7-11/h4-7,9H,3,8H2,1-2H3. The lowest BCUT2D eigenvalue weighted by molar-refractivity contribution is 0.0520. The average Bonchev–Trinajstić information content (AvgIpc) is 2.81. The van der Waals surface area contributed by atoms with Gasteiger partial charge in [-0.1, -0.05) is 29.8 Å². The van der Waals surface area contributed by atoms with Crippen molar-refractivity contribution in [2.45, 2.75) is 20.3 Å². The normalized spacial score (nSPS) is 10.3. The SMILES string of the molecule is CCOC(=O)c1csc(Cc2ccc(C)cc2)n1. The van der Waals surface area contributed by atoms with E-state index in [0.29, 0.717) is 12.3 Å². The molecule has 0 aliphatic heterocycles. The van der Waals surface area contributed by atoms with Gasteiger partial charge in [0, 0.05) is 11.8 Å². The van der Waals surface area contributed by atoms with Crippen LogP contribution in [0.15, 0.2) is 29.6 Å². The van der Waals surface area contributed by atoms with Crippen LogP contribution in [0.1, 0.15) is 33.5 Å². The first-order valence-corrected chi connectivity index (χ1v) is 6.74. The minimum absolute atomic E-state index is 0.344. The van der Waals surface area contributed by atoms with E-state index in [9.17, 15) is 4.79 Å². The lowest BCUT2D eigenvalue weighted by atomic mass is 10.1. The van der Waals surface area contributed by atoms with Crippen LogP contribution in [0.3, 0.4) is 0 Å². The van der Waals surface area contributed by atoms with Crippen LogP contribution in [0.25, 0.3) is 0 Å². The number of benzene rings is 1. The summed E-state index contributed by atoms with van der Waals surface area (Å²) in [4.78, 5) is 15.8. The van der Waals surface area contributed by atoms with Crippen LogP contribution in [0.4, 0.5) is 0 Å². The Labute approximate surface area is 110 Å². The summed E-state index contributed by atoms with van der Waals surface area (Å²) in [6.45, 7) is 4.23. The molecule has 0 N–H and O–H groups in total. The Morgan fingerprint density at radius 1 is 1.33 bits per heavy atom. The van der Waals surface area contributed by atoms with Crippen molar-refractivity contribution in [2.75, 3.05) is 6.61 Å². The van der Waals surface area contributed by atoms with E-state index in [1.54, 1.807) is 12.3 Å². The van der Waals surface area contributed by atoms with E-state index in [0.717, 1.165) is 11.4 Å². The van der Waals surface area contributed by atoms with Gasteiger partial charge in [-0.2, -0.15) is 0 Å². The summed E-state index contributed by atoms with van der Waals surface area (Å²) in [6, 6.07) is 8.33. The fourth-order valence-corrected chi connectivity index (χ4v) is 2.37. The molecule has 4 heteroatoms. The highest BCUT2D eigenvalue weighted by Gasteiger charge is 2.11. The molecular formula is C14H15NO2S. The van der Waals surface area contributed by atoms with Crippen LogP contribution >= 0.6 is 11.3 Å². The molecule has 0 radical (unpaired) electrons. The Hall–Kier alpha value is -1.68.